The minimum Gasteiger partial charge on any atom is -0.437 e. The highest BCUT2D eigenvalue weighted by Gasteiger charge is 2.45. The van der Waals surface area contributed by atoms with Crippen LogP contribution >= 0.6 is 11.6 Å². The molecule has 3 aliphatic rings. The van der Waals surface area contributed by atoms with Crippen LogP contribution in [0.1, 0.15) is 24.0 Å². The Morgan fingerprint density at radius 2 is 1.89 bits per heavy atom. The number of nitrogens with one attached hydrogen (secondary N) is 1. The molecule has 2 amide bonds. The predicted octanol–water partition coefficient (Wildman–Crippen LogP) is 4.43. The lowest BCUT2D eigenvalue weighted by Crippen LogP contribution is -2.51. The van der Waals surface area contributed by atoms with Gasteiger partial charge in [-0.05, 0) is 18.2 Å². The van der Waals surface area contributed by atoms with E-state index in [1.807, 2.05) is 6.07 Å². The number of rotatable bonds is 4. The Morgan fingerprint density at radius 1 is 1.11 bits per heavy atom. The molecule has 2 fully saturated rings. The summed E-state index contributed by atoms with van der Waals surface area (Å²) in [7, 11) is 0. The molecule has 3 aliphatic heterocycles. The SMILES string of the molecule is O=C1Nc2ncccc2C2(CCN(C(=O)Cn3cc(-c4cccc(C(F)(F)F)c4Cl)c4c(N5CC(O)C5)ncnc43)CC2)O1. The summed E-state index contributed by atoms with van der Waals surface area (Å²) in [5.74, 6) is 0.618. The molecule has 6 heterocycles. The van der Waals surface area contributed by atoms with E-state index in [4.69, 9.17) is 16.3 Å². The number of pyridine rings is 1. The molecule has 0 radical (unpaired) electrons. The van der Waals surface area contributed by atoms with E-state index >= 15 is 0 Å². The van der Waals surface area contributed by atoms with Gasteiger partial charge in [0, 0.05) is 68.1 Å². The molecule has 2 saturated heterocycles. The number of β-amino-alcohol motifs (C(OH)–C–C–N with tert-alkyl or cyclic N) is 1. The topological polar surface area (TPSA) is 126 Å². The van der Waals surface area contributed by atoms with E-state index in [2.05, 4.69) is 20.3 Å². The summed E-state index contributed by atoms with van der Waals surface area (Å²) < 4.78 is 48.6. The van der Waals surface area contributed by atoms with E-state index in [0.29, 0.717) is 67.3 Å². The van der Waals surface area contributed by atoms with Crippen molar-refractivity contribution in [2.75, 3.05) is 36.4 Å². The first-order valence-corrected chi connectivity index (χ1v) is 14.3. The number of fused-ring (bicyclic) bond motifs is 3. The summed E-state index contributed by atoms with van der Waals surface area (Å²) >= 11 is 6.34. The first kappa shape index (κ1) is 28.3. The molecule has 15 heteroatoms. The van der Waals surface area contributed by atoms with Gasteiger partial charge in [-0.2, -0.15) is 13.2 Å². The normalized spacial score (nSPS) is 18.2. The number of hydrogen-bond donors (Lipinski definition) is 2. The lowest BCUT2D eigenvalue weighted by Gasteiger charge is -2.43. The van der Waals surface area contributed by atoms with E-state index in [-0.39, 0.29) is 18.0 Å². The first-order chi connectivity index (χ1) is 21.0. The molecule has 4 aromatic rings. The van der Waals surface area contributed by atoms with E-state index in [1.165, 1.54) is 18.5 Å². The number of halogens is 4. The molecular formula is C29H25ClF3N7O4. The number of nitrogens with zero attached hydrogens (tertiary/aromatic N) is 6. The van der Waals surface area contributed by atoms with Crippen molar-refractivity contribution in [1.82, 2.24) is 24.4 Å². The third kappa shape index (κ3) is 4.68. The quantitative estimate of drug-likeness (QED) is 0.341. The highest BCUT2D eigenvalue weighted by atomic mass is 35.5. The van der Waals surface area contributed by atoms with Crippen molar-refractivity contribution >= 4 is 46.3 Å². The molecule has 0 saturated carbocycles. The fourth-order valence-corrected chi connectivity index (χ4v) is 6.56. The zero-order valence-corrected chi connectivity index (χ0v) is 23.8. The number of likely N-dealkylation sites (tertiary alicyclic amines) is 1. The van der Waals surface area contributed by atoms with Crippen LogP contribution < -0.4 is 10.2 Å². The number of ether oxygens (including phenoxy) is 1. The number of aliphatic hydroxyl groups excluding tert-OH is 1. The Balaban J connectivity index is 1.21. The molecule has 1 aromatic carbocycles. The standard InChI is InChI=1S/C29H25ClF3N7O4/c30-23-17(3-1-4-19(23)29(31,32)33)18-13-40(26-22(18)25(35-15-36-26)39-11-16(41)12-39)14-21(42)38-9-6-28(7-10-38)20-5-2-8-34-24(20)37-27(43)44-28/h1-5,8,13,15-16,41H,6-7,9-12,14H2,(H,34,37,43). The maximum absolute atomic E-state index is 13.8. The zero-order chi connectivity index (χ0) is 30.8. The van der Waals surface area contributed by atoms with Crippen LogP contribution in [0.5, 0.6) is 0 Å². The van der Waals surface area contributed by atoms with Crippen molar-refractivity contribution in [2.24, 2.45) is 0 Å². The smallest absolute Gasteiger partial charge is 0.417 e. The highest BCUT2D eigenvalue weighted by Crippen LogP contribution is 2.45. The fraction of sp³-hybridized carbons (Fsp3) is 0.345. The van der Waals surface area contributed by atoms with Gasteiger partial charge < -0.3 is 24.2 Å². The molecular weight excluding hydrogens is 603 g/mol. The van der Waals surface area contributed by atoms with Crippen LogP contribution in [0.4, 0.5) is 29.6 Å². The maximum atomic E-state index is 13.8. The van der Waals surface area contributed by atoms with E-state index < -0.39 is 34.6 Å². The van der Waals surface area contributed by atoms with Crippen LogP contribution in [-0.2, 0) is 27.9 Å². The molecule has 1 spiro atoms. The third-order valence-electron chi connectivity index (χ3n) is 8.43. The summed E-state index contributed by atoms with van der Waals surface area (Å²) in [6.45, 7) is 1.04. The van der Waals surface area contributed by atoms with Crippen LogP contribution in [0.15, 0.2) is 49.1 Å². The van der Waals surface area contributed by atoms with Gasteiger partial charge in [-0.3, -0.25) is 10.1 Å². The van der Waals surface area contributed by atoms with Gasteiger partial charge in [-0.25, -0.2) is 19.7 Å². The molecule has 3 aromatic heterocycles. The van der Waals surface area contributed by atoms with Crippen LogP contribution in [-0.4, -0.2) is 73.8 Å². The number of benzene rings is 1. The van der Waals surface area contributed by atoms with E-state index in [0.717, 1.165) is 11.6 Å². The number of carbonyl (C=O) groups excluding carboxylic acids is 2. The molecule has 0 bridgehead atoms. The Morgan fingerprint density at radius 3 is 2.61 bits per heavy atom. The number of aromatic nitrogens is 4. The van der Waals surface area contributed by atoms with Gasteiger partial charge in [0.2, 0.25) is 5.91 Å². The average Bonchev–Trinajstić information content (AvgIpc) is 3.33. The Labute approximate surface area is 253 Å². The van der Waals surface area contributed by atoms with Gasteiger partial charge in [0.05, 0.1) is 22.1 Å². The molecule has 11 nitrogen and oxygen atoms in total. The molecule has 0 unspecified atom stereocenters. The van der Waals surface area contributed by atoms with Crippen molar-refractivity contribution in [3.05, 3.63) is 65.2 Å². The second kappa shape index (κ2) is 10.3. The fourth-order valence-electron chi connectivity index (χ4n) is 6.22. The minimum atomic E-state index is -4.67. The van der Waals surface area contributed by atoms with Crippen molar-refractivity contribution in [1.29, 1.82) is 0 Å². The minimum absolute atomic E-state index is 0.120. The van der Waals surface area contributed by atoms with Crippen LogP contribution in [0.2, 0.25) is 5.02 Å². The summed E-state index contributed by atoms with van der Waals surface area (Å²) in [5.41, 5.74) is -0.330. The largest absolute Gasteiger partial charge is 0.437 e. The number of anilines is 2. The number of hydrogen-bond acceptors (Lipinski definition) is 8. The highest BCUT2D eigenvalue weighted by molar-refractivity contribution is 6.34. The molecule has 0 aliphatic carbocycles. The molecule has 44 heavy (non-hydrogen) atoms. The van der Waals surface area contributed by atoms with Gasteiger partial charge in [0.15, 0.2) is 0 Å². The van der Waals surface area contributed by atoms with Gasteiger partial charge in [0.1, 0.15) is 35.8 Å². The number of alkyl halides is 3. The lowest BCUT2D eigenvalue weighted by atomic mass is 9.83. The molecule has 2 N–H and O–H groups in total. The second-order valence-corrected chi connectivity index (χ2v) is 11.5. The first-order valence-electron chi connectivity index (χ1n) is 13.9. The summed E-state index contributed by atoms with van der Waals surface area (Å²) in [6, 6.07) is 7.29. The molecule has 7 rings (SSSR count). The average molecular weight is 628 g/mol. The van der Waals surface area contributed by atoms with Crippen molar-refractivity contribution in [3.8, 4) is 11.1 Å². The van der Waals surface area contributed by atoms with Crippen LogP contribution in [0, 0.1) is 0 Å². The number of piperidine rings is 1. The predicted molar refractivity (Wildman–Crippen MR) is 153 cm³/mol. The summed E-state index contributed by atoms with van der Waals surface area (Å²) in [4.78, 5) is 42.4. The number of carbonyl (C=O) groups is 2. The number of aliphatic hydroxyl groups is 1. The Hall–Kier alpha value is -4.43. The van der Waals surface area contributed by atoms with Crippen molar-refractivity contribution in [2.45, 2.75) is 37.3 Å². The molecule has 0 atom stereocenters. The molecule has 228 valence electrons. The van der Waals surface area contributed by atoms with Gasteiger partial charge in [0.25, 0.3) is 0 Å². The van der Waals surface area contributed by atoms with Crippen LogP contribution in [0.25, 0.3) is 22.2 Å². The van der Waals surface area contributed by atoms with Crippen molar-refractivity contribution in [3.63, 3.8) is 0 Å². The van der Waals surface area contributed by atoms with E-state index in [9.17, 15) is 27.9 Å². The van der Waals surface area contributed by atoms with Crippen molar-refractivity contribution < 1.29 is 32.6 Å². The van der Waals surface area contributed by atoms with Gasteiger partial charge in [-0.15, -0.1) is 0 Å². The Bertz CT molecular complexity index is 1800. The van der Waals surface area contributed by atoms with Gasteiger partial charge in [-0.1, -0.05) is 23.7 Å². The van der Waals surface area contributed by atoms with Crippen LogP contribution in [0.3, 0.4) is 0 Å². The maximum Gasteiger partial charge on any atom is 0.417 e. The number of amides is 2. The van der Waals surface area contributed by atoms with E-state index in [1.54, 1.807) is 32.8 Å². The second-order valence-electron chi connectivity index (χ2n) is 11.1. The lowest BCUT2D eigenvalue weighted by molar-refractivity contribution is -0.138. The zero-order valence-electron chi connectivity index (χ0n) is 23.0. The Kier molecular flexibility index (Phi) is 6.66. The monoisotopic (exact) mass is 627 g/mol. The third-order valence-corrected chi connectivity index (χ3v) is 8.83. The van der Waals surface area contributed by atoms with Gasteiger partial charge >= 0.3 is 12.3 Å². The summed E-state index contributed by atoms with van der Waals surface area (Å²) in [5, 5.41) is 12.5. The summed E-state index contributed by atoms with van der Waals surface area (Å²) in [6.07, 6.45) is -0.624.